The van der Waals surface area contributed by atoms with Gasteiger partial charge in [-0.25, -0.2) is 9.97 Å². The fraction of sp³-hybridized carbons (Fsp3) is 0.0435. The summed E-state index contributed by atoms with van der Waals surface area (Å²) in [6.07, 6.45) is 1.68. The smallest absolute Gasteiger partial charge is 0.257 e. The van der Waals surface area contributed by atoms with Crippen LogP contribution in [0.1, 0.15) is 16.1 Å². The number of fused-ring (bicyclic) bond motifs is 1. The largest absolute Gasteiger partial charge is 0.461 e. The summed E-state index contributed by atoms with van der Waals surface area (Å²) in [4.78, 5) is 36.7. The van der Waals surface area contributed by atoms with Crippen LogP contribution >= 0.6 is 11.3 Å². The summed E-state index contributed by atoms with van der Waals surface area (Å²) in [6, 6.07) is 18.0. The van der Waals surface area contributed by atoms with Crippen molar-refractivity contribution in [1.82, 2.24) is 15.0 Å². The first-order valence-electron chi connectivity index (χ1n) is 9.78. The maximum atomic E-state index is 12.5. The van der Waals surface area contributed by atoms with Gasteiger partial charge in [-0.3, -0.25) is 14.9 Å². The van der Waals surface area contributed by atoms with Crippen LogP contribution in [-0.4, -0.2) is 26.8 Å². The first-order valence-corrected chi connectivity index (χ1v) is 10.7. The first kappa shape index (κ1) is 19.7. The van der Waals surface area contributed by atoms with E-state index in [1.165, 1.54) is 11.3 Å². The molecule has 32 heavy (non-hydrogen) atoms. The van der Waals surface area contributed by atoms with Crippen molar-refractivity contribution in [3.8, 4) is 11.6 Å². The van der Waals surface area contributed by atoms with Gasteiger partial charge >= 0.3 is 0 Å². The molecule has 0 aliphatic rings. The van der Waals surface area contributed by atoms with Gasteiger partial charge in [0.15, 0.2) is 16.7 Å². The first-order chi connectivity index (χ1) is 15.6. The average molecular weight is 443 g/mol. The monoisotopic (exact) mass is 443 g/mol. The second-order valence-corrected chi connectivity index (χ2v) is 7.84. The van der Waals surface area contributed by atoms with E-state index < -0.39 is 0 Å². The molecule has 0 aliphatic heterocycles. The highest BCUT2D eigenvalue weighted by molar-refractivity contribution is 7.14. The highest BCUT2D eigenvalue weighted by Gasteiger charge is 2.13. The van der Waals surface area contributed by atoms with Crippen LogP contribution < -0.4 is 10.6 Å². The van der Waals surface area contributed by atoms with Gasteiger partial charge in [-0.1, -0.05) is 18.2 Å². The molecule has 0 saturated heterocycles. The Morgan fingerprint density at radius 3 is 2.69 bits per heavy atom. The van der Waals surface area contributed by atoms with Crippen molar-refractivity contribution in [3.05, 3.63) is 83.6 Å². The average Bonchev–Trinajstić information content (AvgIpc) is 3.55. The van der Waals surface area contributed by atoms with E-state index >= 15 is 0 Å². The molecule has 5 aromatic rings. The van der Waals surface area contributed by atoms with Crippen LogP contribution in [0.3, 0.4) is 0 Å². The zero-order valence-corrected chi connectivity index (χ0v) is 17.5. The summed E-state index contributed by atoms with van der Waals surface area (Å²) < 4.78 is 5.37. The normalized spacial score (nSPS) is 10.9. The van der Waals surface area contributed by atoms with Crippen LogP contribution in [-0.2, 0) is 11.2 Å². The topological polar surface area (TPSA) is 113 Å². The van der Waals surface area contributed by atoms with Crippen LogP contribution in [0, 0.1) is 0 Å². The third-order valence-corrected chi connectivity index (χ3v) is 5.48. The van der Waals surface area contributed by atoms with Gasteiger partial charge in [0.2, 0.25) is 5.91 Å². The van der Waals surface area contributed by atoms with E-state index in [0.29, 0.717) is 33.7 Å². The number of anilines is 2. The van der Waals surface area contributed by atoms with Crippen LogP contribution in [0.4, 0.5) is 10.8 Å². The molecule has 158 valence electrons. The van der Waals surface area contributed by atoms with E-state index in [-0.39, 0.29) is 18.2 Å². The summed E-state index contributed by atoms with van der Waals surface area (Å²) >= 11 is 1.28. The number of nitrogens with zero attached hydrogens (tertiary/aromatic N) is 2. The number of rotatable bonds is 6. The number of imidazole rings is 1. The van der Waals surface area contributed by atoms with Crippen LogP contribution in [0.2, 0.25) is 0 Å². The number of aromatic nitrogens is 3. The molecule has 0 bridgehead atoms. The minimum absolute atomic E-state index is 0.0936. The third-order valence-electron chi connectivity index (χ3n) is 4.67. The Balaban J connectivity index is 1.22. The van der Waals surface area contributed by atoms with E-state index in [0.717, 1.165) is 11.0 Å². The van der Waals surface area contributed by atoms with Gasteiger partial charge in [0, 0.05) is 16.6 Å². The molecular formula is C23H17N5O3S. The van der Waals surface area contributed by atoms with Gasteiger partial charge in [0.25, 0.3) is 5.91 Å². The summed E-state index contributed by atoms with van der Waals surface area (Å²) in [5.74, 6) is 0.825. The van der Waals surface area contributed by atoms with E-state index in [2.05, 4.69) is 25.6 Å². The van der Waals surface area contributed by atoms with Crippen molar-refractivity contribution in [2.24, 2.45) is 0 Å². The molecule has 5 rings (SSSR count). The molecule has 0 fully saturated rings. The zero-order valence-electron chi connectivity index (χ0n) is 16.7. The van der Waals surface area contributed by atoms with Crippen molar-refractivity contribution in [2.75, 3.05) is 10.6 Å². The minimum atomic E-state index is -0.238. The minimum Gasteiger partial charge on any atom is -0.461 e. The van der Waals surface area contributed by atoms with Crippen molar-refractivity contribution in [1.29, 1.82) is 0 Å². The molecular weight excluding hydrogens is 426 g/mol. The lowest BCUT2D eigenvalue weighted by Crippen LogP contribution is -2.15. The number of H-pyrrole nitrogens is 1. The Bertz CT molecular complexity index is 1390. The maximum Gasteiger partial charge on any atom is 0.257 e. The lowest BCUT2D eigenvalue weighted by molar-refractivity contribution is -0.115. The quantitative estimate of drug-likeness (QED) is 0.352. The molecule has 8 nitrogen and oxygen atoms in total. The van der Waals surface area contributed by atoms with Crippen LogP contribution in [0.5, 0.6) is 0 Å². The molecule has 2 amide bonds. The summed E-state index contributed by atoms with van der Waals surface area (Å²) in [5, 5.41) is 7.83. The predicted octanol–water partition coefficient (Wildman–Crippen LogP) is 4.71. The standard InChI is InChI=1S/C23H17N5O3S/c29-20(12-16-13-32-23(25-16)28-22(30)14-5-2-1-3-6-14)24-15-8-9-17-18(11-15)27-21(26-17)19-7-4-10-31-19/h1-11,13H,12H2,(H,24,29)(H,26,27)(H,25,28,30). The van der Waals surface area contributed by atoms with Gasteiger partial charge in [-0.15, -0.1) is 11.3 Å². The maximum absolute atomic E-state index is 12.5. The van der Waals surface area contributed by atoms with Gasteiger partial charge in [-0.2, -0.15) is 0 Å². The second-order valence-electron chi connectivity index (χ2n) is 6.98. The predicted molar refractivity (Wildman–Crippen MR) is 123 cm³/mol. The van der Waals surface area contributed by atoms with Gasteiger partial charge in [-0.05, 0) is 42.5 Å². The van der Waals surface area contributed by atoms with Gasteiger partial charge < -0.3 is 14.7 Å². The molecule has 0 spiro atoms. The van der Waals surface area contributed by atoms with Crippen molar-refractivity contribution in [3.63, 3.8) is 0 Å². The van der Waals surface area contributed by atoms with Crippen LogP contribution in [0.25, 0.3) is 22.6 Å². The molecule has 3 heterocycles. The molecule has 9 heteroatoms. The molecule has 0 atom stereocenters. The number of carbonyl (C=O) groups excluding carboxylic acids is 2. The van der Waals surface area contributed by atoms with Crippen molar-refractivity contribution in [2.45, 2.75) is 6.42 Å². The van der Waals surface area contributed by atoms with Crippen LogP contribution in [0.15, 0.2) is 76.7 Å². The fourth-order valence-electron chi connectivity index (χ4n) is 3.19. The Morgan fingerprint density at radius 2 is 1.88 bits per heavy atom. The number of aromatic amines is 1. The molecule has 2 aromatic carbocycles. The van der Waals surface area contributed by atoms with E-state index in [4.69, 9.17) is 4.42 Å². The molecule has 3 N–H and O–H groups in total. The van der Waals surface area contributed by atoms with Crippen molar-refractivity contribution >= 4 is 45.0 Å². The number of thiazole rings is 1. The number of hydrogen-bond donors (Lipinski definition) is 3. The molecule has 0 radical (unpaired) electrons. The number of benzene rings is 2. The summed E-state index contributed by atoms with van der Waals surface area (Å²) in [5.41, 5.74) is 3.33. The van der Waals surface area contributed by atoms with Gasteiger partial charge in [0.05, 0.1) is 29.4 Å². The molecule has 0 aliphatic carbocycles. The second kappa shape index (κ2) is 8.48. The zero-order chi connectivity index (χ0) is 21.9. The SMILES string of the molecule is O=C(Cc1csc(NC(=O)c2ccccc2)n1)Nc1ccc2nc(-c3ccco3)[nH]c2c1. The number of nitrogens with one attached hydrogen (secondary N) is 3. The lowest BCUT2D eigenvalue weighted by atomic mass is 10.2. The van der Waals surface area contributed by atoms with E-state index in [9.17, 15) is 9.59 Å². The van der Waals surface area contributed by atoms with Gasteiger partial charge in [0.1, 0.15) is 0 Å². The molecule has 0 saturated carbocycles. The highest BCUT2D eigenvalue weighted by Crippen LogP contribution is 2.23. The third kappa shape index (κ3) is 4.28. The van der Waals surface area contributed by atoms with Crippen molar-refractivity contribution < 1.29 is 14.0 Å². The Kier molecular flexibility index (Phi) is 5.22. The Labute approximate surface area is 186 Å². The Morgan fingerprint density at radius 1 is 1.00 bits per heavy atom. The molecule has 0 unspecified atom stereocenters. The summed E-state index contributed by atoms with van der Waals surface area (Å²) in [6.45, 7) is 0. The number of hydrogen-bond acceptors (Lipinski definition) is 6. The fourth-order valence-corrected chi connectivity index (χ4v) is 3.90. The number of furan rings is 1. The van der Waals surface area contributed by atoms with E-state index in [1.807, 2.05) is 24.3 Å². The number of amides is 2. The highest BCUT2D eigenvalue weighted by atomic mass is 32.1. The Hall–Kier alpha value is -4.24. The summed E-state index contributed by atoms with van der Waals surface area (Å²) in [7, 11) is 0. The van der Waals surface area contributed by atoms with E-state index in [1.54, 1.807) is 48.0 Å². The lowest BCUT2D eigenvalue weighted by Gasteiger charge is -2.04. The molecule has 3 aromatic heterocycles. The number of carbonyl (C=O) groups is 2.